The van der Waals surface area contributed by atoms with E-state index in [0.29, 0.717) is 18.9 Å². The Kier molecular flexibility index (Phi) is 6.97. The summed E-state index contributed by atoms with van der Waals surface area (Å²) < 4.78 is 5.82. The second-order valence-corrected chi connectivity index (χ2v) is 5.41. The Morgan fingerprint density at radius 1 is 1.08 bits per heavy atom. The number of halogens is 2. The van der Waals surface area contributed by atoms with Gasteiger partial charge in [0.1, 0.15) is 11.4 Å². The number of aromatic nitrogens is 1. The van der Waals surface area contributed by atoms with Crippen molar-refractivity contribution in [3.8, 4) is 39.6 Å². The lowest BCUT2D eigenvalue weighted by molar-refractivity contribution is 0.313. The predicted molar refractivity (Wildman–Crippen MR) is 99.0 cm³/mol. The van der Waals surface area contributed by atoms with Gasteiger partial charge in [-0.15, -0.1) is 0 Å². The number of rotatable bonds is 5. The Labute approximate surface area is 152 Å². The Balaban J connectivity index is 2.53. The lowest BCUT2D eigenvalue weighted by Crippen LogP contribution is -2.07. The molecular formula is C19H16Cl2N2O. The molecule has 1 aromatic heterocycles. The Bertz CT molecular complexity index is 804. The van der Waals surface area contributed by atoms with Gasteiger partial charge < -0.3 is 10.5 Å². The summed E-state index contributed by atoms with van der Waals surface area (Å²) in [5.41, 5.74) is 9.43. The van der Waals surface area contributed by atoms with Crippen molar-refractivity contribution in [2.45, 2.75) is 13.3 Å². The minimum absolute atomic E-state index is 0.532. The number of aryl methyl sites for hydroxylation is 1. The Morgan fingerprint density at radius 3 is 2.33 bits per heavy atom. The van der Waals surface area contributed by atoms with Crippen molar-refractivity contribution in [3.63, 3.8) is 0 Å². The third-order valence-electron chi connectivity index (χ3n) is 3.19. The van der Waals surface area contributed by atoms with Crippen LogP contribution < -0.4 is 10.5 Å². The Hall–Kier alpha value is -2.17. The van der Waals surface area contributed by atoms with Crippen LogP contribution in [0.25, 0.3) is 11.3 Å². The predicted octanol–water partition coefficient (Wildman–Crippen LogP) is 3.88. The van der Waals surface area contributed by atoms with Crippen LogP contribution in [0.15, 0.2) is 30.3 Å². The standard InChI is InChI=1S/C19H16Cl2N2O/c1-14-3-4-18(24-10-2-9-22)19(23-14)17-12-15(5-7-20)11-16(13-17)6-8-21/h3-4,11-13H,2,9-10,22H2,1H3. The van der Waals surface area contributed by atoms with Crippen molar-refractivity contribution in [3.05, 3.63) is 47.2 Å². The monoisotopic (exact) mass is 358 g/mol. The summed E-state index contributed by atoms with van der Waals surface area (Å²) in [4.78, 5) is 4.61. The average Bonchev–Trinajstić information content (AvgIpc) is 2.57. The highest BCUT2D eigenvalue weighted by Crippen LogP contribution is 2.30. The fraction of sp³-hybridized carbons (Fsp3) is 0.211. The van der Waals surface area contributed by atoms with Crippen molar-refractivity contribution >= 4 is 23.2 Å². The minimum atomic E-state index is 0.532. The third-order valence-corrected chi connectivity index (χ3v) is 3.38. The summed E-state index contributed by atoms with van der Waals surface area (Å²) >= 11 is 11.1. The molecular weight excluding hydrogens is 343 g/mol. The van der Waals surface area contributed by atoms with E-state index in [2.05, 4.69) is 27.6 Å². The highest BCUT2D eigenvalue weighted by molar-refractivity contribution is 6.30. The normalized spacial score (nSPS) is 9.50. The SMILES string of the molecule is Cc1ccc(OCCCN)c(-c2cc(C#CCl)cc(C#CCl)c2)n1. The van der Waals surface area contributed by atoms with Gasteiger partial charge in [0, 0.05) is 33.1 Å². The second-order valence-electron chi connectivity index (χ2n) is 5.03. The van der Waals surface area contributed by atoms with Crippen LogP contribution in [0.2, 0.25) is 0 Å². The smallest absolute Gasteiger partial charge is 0.145 e. The lowest BCUT2D eigenvalue weighted by atomic mass is 10.0. The van der Waals surface area contributed by atoms with Crippen LogP contribution in [0.5, 0.6) is 5.75 Å². The van der Waals surface area contributed by atoms with Gasteiger partial charge >= 0.3 is 0 Å². The zero-order valence-corrected chi connectivity index (χ0v) is 14.7. The molecule has 2 rings (SSSR count). The number of hydrogen-bond donors (Lipinski definition) is 1. The van der Waals surface area contributed by atoms with Crippen molar-refractivity contribution < 1.29 is 4.74 Å². The molecule has 0 spiro atoms. The summed E-state index contributed by atoms with van der Waals surface area (Å²) in [6.07, 6.45) is 0.772. The number of nitrogens with two attached hydrogens (primary N) is 1. The molecule has 24 heavy (non-hydrogen) atoms. The fourth-order valence-electron chi connectivity index (χ4n) is 2.15. The number of ether oxygens (including phenoxy) is 1. The van der Waals surface area contributed by atoms with Crippen LogP contribution in [0.1, 0.15) is 23.2 Å². The van der Waals surface area contributed by atoms with E-state index in [4.69, 9.17) is 33.7 Å². The molecule has 0 aliphatic heterocycles. The van der Waals surface area contributed by atoms with Crippen LogP contribution in [0, 0.1) is 29.5 Å². The molecule has 0 fully saturated rings. The molecule has 2 aromatic rings. The summed E-state index contributed by atoms with van der Waals surface area (Å²) in [6.45, 7) is 3.03. The summed E-state index contributed by atoms with van der Waals surface area (Å²) in [6, 6.07) is 9.42. The molecule has 3 nitrogen and oxygen atoms in total. The molecule has 0 bridgehead atoms. The zero-order chi connectivity index (χ0) is 17.4. The molecule has 122 valence electrons. The van der Waals surface area contributed by atoms with E-state index in [9.17, 15) is 0 Å². The second kappa shape index (κ2) is 9.21. The van der Waals surface area contributed by atoms with Crippen LogP contribution in [0.4, 0.5) is 0 Å². The topological polar surface area (TPSA) is 48.1 Å². The molecule has 0 aliphatic rings. The van der Waals surface area contributed by atoms with E-state index in [-0.39, 0.29) is 0 Å². The van der Waals surface area contributed by atoms with E-state index in [1.807, 2.05) is 37.3 Å². The fourth-order valence-corrected chi connectivity index (χ4v) is 2.37. The maximum Gasteiger partial charge on any atom is 0.145 e. The van der Waals surface area contributed by atoms with Crippen LogP contribution in [-0.4, -0.2) is 18.1 Å². The van der Waals surface area contributed by atoms with E-state index >= 15 is 0 Å². The van der Waals surface area contributed by atoms with E-state index in [1.54, 1.807) is 0 Å². The lowest BCUT2D eigenvalue weighted by Gasteiger charge is -2.12. The maximum absolute atomic E-state index is 5.82. The van der Waals surface area contributed by atoms with Crippen molar-refractivity contribution in [1.82, 2.24) is 4.98 Å². The molecule has 0 unspecified atom stereocenters. The first-order valence-electron chi connectivity index (χ1n) is 7.37. The highest BCUT2D eigenvalue weighted by atomic mass is 35.5. The number of benzene rings is 1. The minimum Gasteiger partial charge on any atom is -0.491 e. The molecule has 0 saturated carbocycles. The van der Waals surface area contributed by atoms with Crippen molar-refractivity contribution in [1.29, 1.82) is 0 Å². The largest absolute Gasteiger partial charge is 0.491 e. The van der Waals surface area contributed by atoms with Crippen LogP contribution in [-0.2, 0) is 0 Å². The van der Waals surface area contributed by atoms with Crippen molar-refractivity contribution in [2.24, 2.45) is 5.73 Å². The highest BCUT2D eigenvalue weighted by Gasteiger charge is 2.11. The molecule has 0 atom stereocenters. The average molecular weight is 359 g/mol. The molecule has 0 saturated heterocycles. The number of nitrogens with zero attached hydrogens (tertiary/aromatic N) is 1. The quantitative estimate of drug-likeness (QED) is 0.651. The number of hydrogen-bond acceptors (Lipinski definition) is 3. The Morgan fingerprint density at radius 2 is 1.75 bits per heavy atom. The van der Waals surface area contributed by atoms with Crippen LogP contribution in [0.3, 0.4) is 0 Å². The van der Waals surface area contributed by atoms with Gasteiger partial charge in [0.25, 0.3) is 0 Å². The first kappa shape index (κ1) is 18.2. The number of pyridine rings is 1. The molecule has 1 aromatic carbocycles. The first-order chi connectivity index (χ1) is 11.7. The first-order valence-corrected chi connectivity index (χ1v) is 8.12. The summed E-state index contributed by atoms with van der Waals surface area (Å²) in [7, 11) is 0. The molecule has 1 heterocycles. The van der Waals surface area contributed by atoms with Gasteiger partial charge in [0.2, 0.25) is 0 Å². The molecule has 0 amide bonds. The molecule has 2 N–H and O–H groups in total. The summed E-state index contributed by atoms with van der Waals surface area (Å²) in [5.74, 6) is 6.33. The van der Waals surface area contributed by atoms with Crippen LogP contribution >= 0.6 is 23.2 Å². The van der Waals surface area contributed by atoms with Crippen molar-refractivity contribution in [2.75, 3.05) is 13.2 Å². The van der Waals surface area contributed by atoms with Gasteiger partial charge in [-0.3, -0.25) is 0 Å². The van der Waals surface area contributed by atoms with Gasteiger partial charge in [0.15, 0.2) is 0 Å². The zero-order valence-electron chi connectivity index (χ0n) is 13.2. The van der Waals surface area contributed by atoms with E-state index < -0.39 is 0 Å². The molecule has 0 radical (unpaired) electrons. The summed E-state index contributed by atoms with van der Waals surface area (Å²) in [5, 5.41) is 4.75. The molecule has 5 heteroatoms. The molecule has 0 aliphatic carbocycles. The van der Waals surface area contributed by atoms with E-state index in [1.165, 1.54) is 0 Å². The van der Waals surface area contributed by atoms with E-state index in [0.717, 1.165) is 34.5 Å². The van der Waals surface area contributed by atoms with Gasteiger partial charge in [-0.25, -0.2) is 4.98 Å². The van der Waals surface area contributed by atoms with Gasteiger partial charge in [-0.2, -0.15) is 0 Å². The van der Waals surface area contributed by atoms with Gasteiger partial charge in [-0.05, 0) is 85.3 Å². The maximum atomic E-state index is 5.82. The van der Waals surface area contributed by atoms with Gasteiger partial charge in [-0.1, -0.05) is 0 Å². The van der Waals surface area contributed by atoms with Gasteiger partial charge in [0.05, 0.1) is 6.61 Å². The third kappa shape index (κ3) is 4.91.